The average Bonchev–Trinajstić information content (AvgIpc) is 2.86. The molecule has 0 bridgehead atoms. The summed E-state index contributed by atoms with van der Waals surface area (Å²) in [6, 6.07) is 0.125. The fourth-order valence-electron chi connectivity index (χ4n) is 3.33. The Hall–Kier alpha value is -1.92. The first-order valence-electron chi connectivity index (χ1n) is 8.66. The third-order valence-electron chi connectivity index (χ3n) is 5.11. The first kappa shape index (κ1) is 18.4. The van der Waals surface area contributed by atoms with E-state index in [2.05, 4.69) is 19.2 Å². The van der Waals surface area contributed by atoms with Crippen molar-refractivity contribution in [2.75, 3.05) is 13.2 Å². The Balaban J connectivity index is 1.67. The molecule has 1 saturated carbocycles. The molecule has 134 valence electrons. The van der Waals surface area contributed by atoms with Crippen LogP contribution in [-0.4, -0.2) is 47.8 Å². The molecule has 24 heavy (non-hydrogen) atoms. The summed E-state index contributed by atoms with van der Waals surface area (Å²) in [5.74, 6) is -0.421. The Morgan fingerprint density at radius 2 is 1.83 bits per heavy atom. The Morgan fingerprint density at radius 1 is 1.17 bits per heavy atom. The lowest BCUT2D eigenvalue weighted by atomic mass is 9.78. The molecule has 7 nitrogen and oxygen atoms in total. The van der Waals surface area contributed by atoms with Crippen molar-refractivity contribution >= 4 is 23.7 Å². The van der Waals surface area contributed by atoms with E-state index < -0.39 is 5.97 Å². The normalized spacial score (nSPS) is 27.2. The molecule has 3 unspecified atom stereocenters. The van der Waals surface area contributed by atoms with Crippen LogP contribution in [0, 0.1) is 11.8 Å². The number of carbonyl (C=O) groups excluding carboxylic acids is 4. The van der Waals surface area contributed by atoms with Crippen LogP contribution in [0.15, 0.2) is 0 Å². The third kappa shape index (κ3) is 4.79. The monoisotopic (exact) mass is 338 g/mol. The number of hydrogen-bond donors (Lipinski definition) is 1. The fourth-order valence-corrected chi connectivity index (χ4v) is 3.33. The highest BCUT2D eigenvalue weighted by Gasteiger charge is 2.30. The number of nitrogens with zero attached hydrogens (tertiary/aromatic N) is 1. The molecule has 3 amide bonds. The van der Waals surface area contributed by atoms with E-state index in [1.165, 1.54) is 6.42 Å². The molecular formula is C17H26N2O5. The van der Waals surface area contributed by atoms with Gasteiger partial charge in [-0.25, -0.2) is 0 Å². The molecule has 1 aliphatic heterocycles. The predicted octanol–water partition coefficient (Wildman–Crippen LogP) is 1.01. The number of likely N-dealkylation sites (tertiary alicyclic amines) is 1. The van der Waals surface area contributed by atoms with Crippen molar-refractivity contribution < 1.29 is 23.9 Å². The molecule has 0 radical (unpaired) electrons. The number of carbonyl (C=O) groups is 4. The van der Waals surface area contributed by atoms with Gasteiger partial charge in [-0.1, -0.05) is 26.7 Å². The van der Waals surface area contributed by atoms with E-state index in [0.717, 1.165) is 17.7 Å². The molecule has 0 aromatic heterocycles. The van der Waals surface area contributed by atoms with Crippen molar-refractivity contribution in [2.24, 2.45) is 11.8 Å². The summed E-state index contributed by atoms with van der Waals surface area (Å²) in [7, 11) is 0. The van der Waals surface area contributed by atoms with E-state index in [9.17, 15) is 19.2 Å². The first-order chi connectivity index (χ1) is 11.4. The largest absolute Gasteiger partial charge is 0.456 e. The fraction of sp³-hybridized carbons (Fsp3) is 0.765. The van der Waals surface area contributed by atoms with Crippen molar-refractivity contribution in [3.05, 3.63) is 0 Å². The minimum Gasteiger partial charge on any atom is -0.456 e. The molecule has 2 rings (SSSR count). The second kappa shape index (κ2) is 8.26. The molecule has 1 N–H and O–H groups in total. The van der Waals surface area contributed by atoms with Gasteiger partial charge in [0.1, 0.15) is 0 Å². The van der Waals surface area contributed by atoms with Gasteiger partial charge >= 0.3 is 5.97 Å². The molecular weight excluding hydrogens is 312 g/mol. The number of nitrogens with one attached hydrogen (secondary N) is 1. The summed E-state index contributed by atoms with van der Waals surface area (Å²) in [5, 5.41) is 2.93. The standard InChI is InChI=1S/C17H26N2O5/c1-11-4-3-5-13(12(11)2)18-14(20)10-24-17(23)8-9-19-15(21)6-7-16(19)22/h11-13H,3-10H2,1-2H3,(H,18,20). The Bertz CT molecular complexity index is 503. The quantitative estimate of drug-likeness (QED) is 0.576. The SMILES string of the molecule is CC1CCCC(NC(=O)COC(=O)CCN2C(=O)CCC2=O)C1C. The molecule has 2 aliphatic rings. The van der Waals surface area contributed by atoms with Gasteiger partial charge < -0.3 is 10.1 Å². The molecule has 7 heteroatoms. The maximum atomic E-state index is 11.9. The number of esters is 1. The van der Waals surface area contributed by atoms with E-state index >= 15 is 0 Å². The summed E-state index contributed by atoms with van der Waals surface area (Å²) in [5.41, 5.74) is 0. The van der Waals surface area contributed by atoms with E-state index in [4.69, 9.17) is 4.74 Å². The minimum atomic E-state index is -0.581. The maximum absolute atomic E-state index is 11.9. The molecule has 0 spiro atoms. The second-order valence-corrected chi connectivity index (χ2v) is 6.79. The Kier molecular flexibility index (Phi) is 6.34. The van der Waals surface area contributed by atoms with Gasteiger partial charge in [-0.05, 0) is 18.3 Å². The first-order valence-corrected chi connectivity index (χ1v) is 8.66. The minimum absolute atomic E-state index is 0.0231. The molecule has 0 aromatic rings. The number of amides is 3. The van der Waals surface area contributed by atoms with Crippen LogP contribution in [-0.2, 0) is 23.9 Å². The van der Waals surface area contributed by atoms with Gasteiger partial charge in [0, 0.05) is 25.4 Å². The van der Waals surface area contributed by atoms with Gasteiger partial charge in [0.25, 0.3) is 5.91 Å². The molecule has 3 atom stereocenters. The molecule has 1 heterocycles. The van der Waals surface area contributed by atoms with Crippen molar-refractivity contribution in [3.63, 3.8) is 0 Å². The van der Waals surface area contributed by atoms with Crippen LogP contribution in [0.4, 0.5) is 0 Å². The van der Waals surface area contributed by atoms with Crippen LogP contribution in [0.25, 0.3) is 0 Å². The van der Waals surface area contributed by atoms with Crippen LogP contribution in [0.5, 0.6) is 0 Å². The van der Waals surface area contributed by atoms with Crippen molar-refractivity contribution in [2.45, 2.75) is 58.4 Å². The van der Waals surface area contributed by atoms with Gasteiger partial charge in [-0.3, -0.25) is 24.1 Å². The highest BCUT2D eigenvalue weighted by Crippen LogP contribution is 2.29. The summed E-state index contributed by atoms with van der Waals surface area (Å²) in [4.78, 5) is 47.5. The summed E-state index contributed by atoms with van der Waals surface area (Å²) >= 11 is 0. The van der Waals surface area contributed by atoms with Gasteiger partial charge in [-0.15, -0.1) is 0 Å². The zero-order valence-corrected chi connectivity index (χ0v) is 14.4. The maximum Gasteiger partial charge on any atom is 0.308 e. The van der Waals surface area contributed by atoms with E-state index in [1.54, 1.807) is 0 Å². The van der Waals surface area contributed by atoms with Crippen LogP contribution in [0.3, 0.4) is 0 Å². The average molecular weight is 338 g/mol. The van der Waals surface area contributed by atoms with Crippen LogP contribution in [0.1, 0.15) is 52.4 Å². The number of ether oxygens (including phenoxy) is 1. The van der Waals surface area contributed by atoms with Crippen molar-refractivity contribution in [3.8, 4) is 0 Å². The summed E-state index contributed by atoms with van der Waals surface area (Å²) in [6.07, 6.45) is 3.54. The summed E-state index contributed by atoms with van der Waals surface area (Å²) < 4.78 is 4.94. The van der Waals surface area contributed by atoms with E-state index in [0.29, 0.717) is 11.8 Å². The van der Waals surface area contributed by atoms with Crippen LogP contribution in [0.2, 0.25) is 0 Å². The lowest BCUT2D eigenvalue weighted by Gasteiger charge is -2.34. The third-order valence-corrected chi connectivity index (χ3v) is 5.11. The summed E-state index contributed by atoms with van der Waals surface area (Å²) in [6.45, 7) is 4.02. The molecule has 1 aliphatic carbocycles. The predicted molar refractivity (Wildman–Crippen MR) is 85.6 cm³/mol. The van der Waals surface area contributed by atoms with Gasteiger partial charge in [0.15, 0.2) is 6.61 Å². The highest BCUT2D eigenvalue weighted by molar-refractivity contribution is 6.02. The zero-order chi connectivity index (χ0) is 17.7. The van der Waals surface area contributed by atoms with E-state index in [1.807, 2.05) is 0 Å². The van der Waals surface area contributed by atoms with Gasteiger partial charge in [0.05, 0.1) is 6.42 Å². The molecule has 2 fully saturated rings. The van der Waals surface area contributed by atoms with Gasteiger partial charge in [0.2, 0.25) is 11.8 Å². The topological polar surface area (TPSA) is 92.8 Å². The number of hydrogen-bond acceptors (Lipinski definition) is 5. The number of rotatable bonds is 6. The van der Waals surface area contributed by atoms with Gasteiger partial charge in [-0.2, -0.15) is 0 Å². The zero-order valence-electron chi connectivity index (χ0n) is 14.4. The second-order valence-electron chi connectivity index (χ2n) is 6.79. The smallest absolute Gasteiger partial charge is 0.308 e. The Morgan fingerprint density at radius 3 is 2.50 bits per heavy atom. The highest BCUT2D eigenvalue weighted by atomic mass is 16.5. The van der Waals surface area contributed by atoms with Crippen LogP contribution < -0.4 is 5.32 Å². The lowest BCUT2D eigenvalue weighted by Crippen LogP contribution is -2.45. The Labute approximate surface area is 142 Å². The van der Waals surface area contributed by atoms with Crippen LogP contribution >= 0.6 is 0 Å². The molecule has 0 aromatic carbocycles. The molecule has 1 saturated heterocycles. The van der Waals surface area contributed by atoms with Crippen molar-refractivity contribution in [1.82, 2.24) is 10.2 Å². The lowest BCUT2D eigenvalue weighted by molar-refractivity contribution is -0.150. The number of imide groups is 1. The van der Waals surface area contributed by atoms with Crippen molar-refractivity contribution in [1.29, 1.82) is 0 Å². The van der Waals surface area contributed by atoms with E-state index in [-0.39, 0.29) is 56.2 Å².